The summed E-state index contributed by atoms with van der Waals surface area (Å²) in [6, 6.07) is 11.9. The molecule has 3 aromatic rings. The molecular formula is C25H22F2N4O3. The van der Waals surface area contributed by atoms with Crippen molar-refractivity contribution in [1.82, 2.24) is 4.98 Å². The summed E-state index contributed by atoms with van der Waals surface area (Å²) < 4.78 is 47.2. The van der Waals surface area contributed by atoms with E-state index in [1.165, 1.54) is 12.3 Å². The fraction of sp³-hybridized carbons (Fsp3) is 0.280. The maximum Gasteiger partial charge on any atom is 0.220 e. The van der Waals surface area contributed by atoms with Gasteiger partial charge in [0.2, 0.25) is 5.95 Å². The van der Waals surface area contributed by atoms with Crippen LogP contribution in [0.25, 0.3) is 11.1 Å². The zero-order valence-corrected chi connectivity index (χ0v) is 18.3. The fourth-order valence-corrected chi connectivity index (χ4v) is 4.85. The van der Waals surface area contributed by atoms with Crippen molar-refractivity contribution in [3.63, 3.8) is 0 Å². The largest absolute Gasteiger partial charge is 0.453 e. The van der Waals surface area contributed by atoms with E-state index in [9.17, 15) is 4.39 Å². The van der Waals surface area contributed by atoms with Crippen LogP contribution in [0, 0.1) is 11.8 Å². The van der Waals surface area contributed by atoms with Crippen molar-refractivity contribution in [2.45, 2.75) is 5.54 Å². The molecule has 1 fully saturated rings. The Kier molecular flexibility index (Phi) is 4.96. The summed E-state index contributed by atoms with van der Waals surface area (Å²) >= 11 is 0. The van der Waals surface area contributed by atoms with Gasteiger partial charge < -0.3 is 24.8 Å². The Morgan fingerprint density at radius 3 is 2.65 bits per heavy atom. The van der Waals surface area contributed by atoms with Gasteiger partial charge in [-0.1, -0.05) is 6.07 Å². The number of nitrogens with zero attached hydrogens (tertiary/aromatic N) is 3. The van der Waals surface area contributed by atoms with Crippen molar-refractivity contribution in [1.29, 1.82) is 0 Å². The molecule has 1 aromatic heterocycles. The molecule has 2 N–H and O–H groups in total. The predicted octanol–water partition coefficient (Wildman–Crippen LogP) is 3.60. The maximum absolute atomic E-state index is 15.5. The van der Waals surface area contributed by atoms with E-state index in [1.807, 2.05) is 6.07 Å². The lowest BCUT2D eigenvalue weighted by molar-refractivity contribution is 0.109. The van der Waals surface area contributed by atoms with Crippen LogP contribution in [-0.4, -0.2) is 50.3 Å². The quantitative estimate of drug-likeness (QED) is 0.584. The molecule has 34 heavy (non-hydrogen) atoms. The van der Waals surface area contributed by atoms with Crippen LogP contribution in [0.5, 0.6) is 11.5 Å². The molecular weight excluding hydrogens is 442 g/mol. The summed E-state index contributed by atoms with van der Waals surface area (Å²) in [4.78, 5) is 10.6. The molecule has 1 saturated heterocycles. The van der Waals surface area contributed by atoms with Crippen LogP contribution in [-0.2, 0) is 15.0 Å². The number of fused-ring (bicyclic) bond motifs is 4. The number of halogens is 2. The minimum Gasteiger partial charge on any atom is -0.453 e. The first kappa shape index (κ1) is 21.0. The molecule has 1 atom stereocenters. The zero-order valence-electron chi connectivity index (χ0n) is 18.3. The average Bonchev–Trinajstić information content (AvgIpc) is 2.86. The molecule has 3 aliphatic rings. The van der Waals surface area contributed by atoms with Gasteiger partial charge in [-0.15, -0.1) is 0 Å². The van der Waals surface area contributed by atoms with E-state index in [0.717, 1.165) is 0 Å². The molecule has 0 unspecified atom stereocenters. The van der Waals surface area contributed by atoms with Gasteiger partial charge in [0, 0.05) is 47.7 Å². The molecule has 7 nitrogen and oxygen atoms in total. The van der Waals surface area contributed by atoms with Crippen LogP contribution in [0.15, 0.2) is 53.7 Å². The molecule has 1 spiro atoms. The van der Waals surface area contributed by atoms with Crippen molar-refractivity contribution >= 4 is 11.5 Å². The predicted molar refractivity (Wildman–Crippen MR) is 122 cm³/mol. The summed E-state index contributed by atoms with van der Waals surface area (Å²) in [6.45, 7) is 2.75. The van der Waals surface area contributed by atoms with Gasteiger partial charge in [-0.25, -0.2) is 9.37 Å². The molecule has 4 heterocycles. The lowest BCUT2D eigenvalue weighted by Gasteiger charge is -2.40. The number of hydrogen-bond donors (Lipinski definition) is 1. The van der Waals surface area contributed by atoms with Gasteiger partial charge in [0.15, 0.2) is 11.6 Å². The maximum atomic E-state index is 15.5. The van der Waals surface area contributed by atoms with E-state index in [2.05, 4.69) is 9.88 Å². The third kappa shape index (κ3) is 3.31. The Balaban J connectivity index is 1.56. The number of aliphatic imine (C=N–C) groups is 1. The number of benzene rings is 2. The zero-order chi connectivity index (χ0) is 23.3. The van der Waals surface area contributed by atoms with Crippen LogP contribution in [0.2, 0.25) is 0 Å². The van der Waals surface area contributed by atoms with Crippen LogP contribution in [0.1, 0.15) is 11.1 Å². The van der Waals surface area contributed by atoms with Crippen molar-refractivity contribution in [3.8, 4) is 22.6 Å². The van der Waals surface area contributed by atoms with E-state index in [-0.39, 0.29) is 19.0 Å². The number of anilines is 1. The Morgan fingerprint density at radius 1 is 1.00 bits per heavy atom. The van der Waals surface area contributed by atoms with Crippen LogP contribution >= 0.6 is 0 Å². The monoisotopic (exact) mass is 464 g/mol. The van der Waals surface area contributed by atoms with Crippen LogP contribution in [0.4, 0.5) is 14.5 Å². The first-order valence-electron chi connectivity index (χ1n) is 11.1. The van der Waals surface area contributed by atoms with Crippen molar-refractivity contribution in [3.05, 3.63) is 71.6 Å². The number of rotatable bonds is 2. The molecule has 3 aliphatic heterocycles. The number of morpholine rings is 1. The van der Waals surface area contributed by atoms with E-state index >= 15 is 4.39 Å². The number of aromatic nitrogens is 1. The van der Waals surface area contributed by atoms with Gasteiger partial charge >= 0.3 is 0 Å². The van der Waals surface area contributed by atoms with E-state index in [1.54, 1.807) is 30.3 Å². The molecule has 0 bridgehead atoms. The minimum atomic E-state index is -1.14. The van der Waals surface area contributed by atoms with Crippen molar-refractivity contribution in [2.75, 3.05) is 44.4 Å². The molecule has 0 radical (unpaired) electrons. The Hall–Kier alpha value is -3.56. The van der Waals surface area contributed by atoms with Gasteiger partial charge in [-0.05, 0) is 35.9 Å². The fourth-order valence-electron chi connectivity index (χ4n) is 4.85. The Bertz CT molecular complexity index is 1310. The molecule has 0 aliphatic carbocycles. The second kappa shape index (κ2) is 8.03. The van der Waals surface area contributed by atoms with Gasteiger partial charge in [-0.3, -0.25) is 4.99 Å². The summed E-state index contributed by atoms with van der Waals surface area (Å²) in [5, 5.41) is 0. The summed E-state index contributed by atoms with van der Waals surface area (Å²) in [5.41, 5.74) is 7.80. The molecule has 0 amide bonds. The summed E-state index contributed by atoms with van der Waals surface area (Å²) in [5.74, 6) is -0.282. The Morgan fingerprint density at radius 2 is 1.85 bits per heavy atom. The molecule has 6 rings (SSSR count). The highest BCUT2D eigenvalue weighted by Gasteiger charge is 2.46. The highest BCUT2D eigenvalue weighted by molar-refractivity contribution is 5.84. The van der Waals surface area contributed by atoms with Gasteiger partial charge in [0.05, 0.1) is 19.8 Å². The third-order valence-electron chi connectivity index (χ3n) is 6.45. The van der Waals surface area contributed by atoms with Gasteiger partial charge in [0.1, 0.15) is 23.7 Å². The first-order valence-corrected chi connectivity index (χ1v) is 11.1. The van der Waals surface area contributed by atoms with Crippen LogP contribution in [0.3, 0.4) is 0 Å². The van der Waals surface area contributed by atoms with Crippen molar-refractivity contribution in [2.24, 2.45) is 10.7 Å². The second-order valence-electron chi connectivity index (χ2n) is 8.51. The number of amidine groups is 1. The SMILES string of the molecule is NC1=N[C@]2(COC1)c1cc(-c3cccnc3F)ccc1Oc1c(F)cc(N3CCOCC3)cc12. The number of ether oxygens (including phenoxy) is 3. The standard InChI is InChI=1S/C25H22F2N4O3/c26-20-12-16(31-6-8-32-9-7-31)11-19-23(20)34-21-4-3-15(17-2-1-5-29-24(17)27)10-18(21)25(19)14-33-13-22(28)30-25/h1-5,10-12H,6-9,13-14H2,(H2,28,30)/t25-/m1/s1. The van der Waals surface area contributed by atoms with E-state index < -0.39 is 17.3 Å². The molecule has 174 valence electrons. The Labute approximate surface area is 194 Å². The first-order chi connectivity index (χ1) is 16.5. The summed E-state index contributed by atoms with van der Waals surface area (Å²) in [6.07, 6.45) is 1.40. The van der Waals surface area contributed by atoms with E-state index in [0.29, 0.717) is 65.8 Å². The van der Waals surface area contributed by atoms with Crippen LogP contribution < -0.4 is 15.4 Å². The number of pyridine rings is 1. The molecule has 0 saturated carbocycles. The third-order valence-corrected chi connectivity index (χ3v) is 6.45. The van der Waals surface area contributed by atoms with E-state index in [4.69, 9.17) is 24.9 Å². The smallest absolute Gasteiger partial charge is 0.220 e. The van der Waals surface area contributed by atoms with Crippen molar-refractivity contribution < 1.29 is 23.0 Å². The lowest BCUT2D eigenvalue weighted by Crippen LogP contribution is -2.43. The minimum absolute atomic E-state index is 0.0897. The molecule has 9 heteroatoms. The number of nitrogens with two attached hydrogens (primary N) is 1. The second-order valence-corrected chi connectivity index (χ2v) is 8.51. The highest BCUT2D eigenvalue weighted by atomic mass is 19.1. The highest BCUT2D eigenvalue weighted by Crippen LogP contribution is 2.52. The lowest BCUT2D eigenvalue weighted by atomic mass is 9.79. The topological polar surface area (TPSA) is 82.2 Å². The van der Waals surface area contributed by atoms with Gasteiger partial charge in [0.25, 0.3) is 0 Å². The summed E-state index contributed by atoms with van der Waals surface area (Å²) in [7, 11) is 0. The molecule has 2 aromatic carbocycles. The van der Waals surface area contributed by atoms with Gasteiger partial charge in [-0.2, -0.15) is 4.39 Å². The average molecular weight is 464 g/mol. The normalized spacial score (nSPS) is 21.5. The number of hydrogen-bond acceptors (Lipinski definition) is 7.